The maximum Gasteiger partial charge on any atom is 0.111 e. The van der Waals surface area contributed by atoms with Crippen molar-refractivity contribution >= 4 is 11.0 Å². The number of imidazole rings is 1. The minimum absolute atomic E-state index is 0.220. The van der Waals surface area contributed by atoms with Crippen molar-refractivity contribution in [2.45, 2.75) is 32.4 Å². The highest BCUT2D eigenvalue weighted by molar-refractivity contribution is 5.74. The summed E-state index contributed by atoms with van der Waals surface area (Å²) in [6, 6.07) is 8.46. The second-order valence-corrected chi connectivity index (χ2v) is 5.09. The van der Waals surface area contributed by atoms with Gasteiger partial charge < -0.3 is 14.6 Å². The normalized spacial score (nSPS) is 16.8. The van der Waals surface area contributed by atoms with E-state index in [1.165, 1.54) is 5.52 Å². The van der Waals surface area contributed by atoms with Gasteiger partial charge in [0.1, 0.15) is 5.76 Å². The summed E-state index contributed by atoms with van der Waals surface area (Å²) >= 11 is 0. The predicted octanol–water partition coefficient (Wildman–Crippen LogP) is 2.71. The number of hydrogen-bond acceptors (Lipinski definition) is 3. The Kier molecular flexibility index (Phi) is 4.02. The molecule has 1 aromatic carbocycles. The highest BCUT2D eigenvalue weighted by Crippen LogP contribution is 2.18. The summed E-state index contributed by atoms with van der Waals surface area (Å²) in [5, 5.41) is 3.51. The van der Waals surface area contributed by atoms with E-state index in [-0.39, 0.29) is 6.04 Å². The van der Waals surface area contributed by atoms with E-state index in [4.69, 9.17) is 4.74 Å². The second-order valence-electron chi connectivity index (χ2n) is 5.09. The van der Waals surface area contributed by atoms with Crippen LogP contribution in [0.25, 0.3) is 11.0 Å². The topological polar surface area (TPSA) is 39.1 Å². The number of benzene rings is 1. The molecule has 0 bridgehead atoms. The summed E-state index contributed by atoms with van der Waals surface area (Å²) in [4.78, 5) is 4.45. The molecule has 1 aliphatic heterocycles. The molecule has 4 nitrogen and oxygen atoms in total. The van der Waals surface area contributed by atoms with Crippen LogP contribution in [0.1, 0.15) is 19.8 Å². The number of ether oxygens (including phenoxy) is 1. The van der Waals surface area contributed by atoms with Gasteiger partial charge in [0, 0.05) is 6.54 Å². The number of allylic oxidation sites excluding steroid dienone is 1. The number of hydrogen-bond donors (Lipinski definition) is 1. The summed E-state index contributed by atoms with van der Waals surface area (Å²) < 4.78 is 8.01. The van der Waals surface area contributed by atoms with Crippen LogP contribution >= 0.6 is 0 Å². The number of likely N-dealkylation sites (N-methyl/N-ethyl adjacent to an activating group) is 1. The highest BCUT2D eigenvalue weighted by atomic mass is 16.5. The van der Waals surface area contributed by atoms with Gasteiger partial charge in [-0.1, -0.05) is 19.1 Å². The zero-order valence-corrected chi connectivity index (χ0v) is 11.9. The average molecular weight is 271 g/mol. The maximum atomic E-state index is 5.82. The van der Waals surface area contributed by atoms with Crippen molar-refractivity contribution in [3.63, 3.8) is 0 Å². The first-order valence-corrected chi connectivity index (χ1v) is 7.34. The first kappa shape index (κ1) is 13.2. The number of rotatable bonds is 5. The fourth-order valence-corrected chi connectivity index (χ4v) is 2.67. The minimum atomic E-state index is 0.220. The van der Waals surface area contributed by atoms with Crippen LogP contribution in [-0.4, -0.2) is 28.7 Å². The van der Waals surface area contributed by atoms with Crippen LogP contribution in [0.15, 0.2) is 42.4 Å². The van der Waals surface area contributed by atoms with Gasteiger partial charge in [-0.3, -0.25) is 0 Å². The lowest BCUT2D eigenvalue weighted by molar-refractivity contribution is 0.163. The molecule has 4 heteroatoms. The molecular weight excluding hydrogens is 250 g/mol. The van der Waals surface area contributed by atoms with E-state index in [1.54, 1.807) is 0 Å². The van der Waals surface area contributed by atoms with Crippen molar-refractivity contribution in [2.75, 3.05) is 13.2 Å². The van der Waals surface area contributed by atoms with E-state index in [9.17, 15) is 0 Å². The molecule has 106 valence electrons. The molecule has 0 fully saturated rings. The second kappa shape index (κ2) is 6.09. The Balaban J connectivity index is 1.84. The fraction of sp³-hybridized carbons (Fsp3) is 0.438. The molecule has 1 atom stereocenters. The third kappa shape index (κ3) is 2.70. The SMILES string of the molecule is CCNC(Cn1cnc2ccccc21)C1=CCCCO1. The smallest absolute Gasteiger partial charge is 0.111 e. The van der Waals surface area contributed by atoms with Crippen molar-refractivity contribution in [3.05, 3.63) is 42.4 Å². The molecule has 0 saturated heterocycles. The molecule has 2 heterocycles. The predicted molar refractivity (Wildman–Crippen MR) is 80.5 cm³/mol. The number of para-hydroxylation sites is 2. The molecular formula is C16H21N3O. The van der Waals surface area contributed by atoms with Crippen LogP contribution < -0.4 is 5.32 Å². The molecule has 0 spiro atoms. The Hall–Kier alpha value is -1.81. The van der Waals surface area contributed by atoms with Crippen LogP contribution in [0.5, 0.6) is 0 Å². The van der Waals surface area contributed by atoms with E-state index < -0.39 is 0 Å². The Morgan fingerprint density at radius 1 is 1.40 bits per heavy atom. The molecule has 1 aliphatic rings. The lowest BCUT2D eigenvalue weighted by Crippen LogP contribution is -2.36. The van der Waals surface area contributed by atoms with Gasteiger partial charge in [-0.25, -0.2) is 4.98 Å². The molecule has 1 aromatic heterocycles. The minimum Gasteiger partial charge on any atom is -0.497 e. The van der Waals surface area contributed by atoms with Crippen LogP contribution in [0, 0.1) is 0 Å². The van der Waals surface area contributed by atoms with E-state index >= 15 is 0 Å². The van der Waals surface area contributed by atoms with Gasteiger partial charge in [0.25, 0.3) is 0 Å². The third-order valence-corrected chi connectivity index (χ3v) is 3.66. The van der Waals surface area contributed by atoms with Crippen LogP contribution in [0.4, 0.5) is 0 Å². The van der Waals surface area contributed by atoms with Crippen LogP contribution in [-0.2, 0) is 11.3 Å². The Bertz CT molecular complexity index is 603. The highest BCUT2D eigenvalue weighted by Gasteiger charge is 2.18. The number of fused-ring (bicyclic) bond motifs is 1. The molecule has 0 saturated carbocycles. The Morgan fingerprint density at radius 3 is 3.10 bits per heavy atom. The number of nitrogens with one attached hydrogen (secondary N) is 1. The van der Waals surface area contributed by atoms with Crippen molar-refractivity contribution in [2.24, 2.45) is 0 Å². The lowest BCUT2D eigenvalue weighted by Gasteiger charge is -2.25. The summed E-state index contributed by atoms with van der Waals surface area (Å²) in [7, 11) is 0. The zero-order chi connectivity index (χ0) is 13.8. The molecule has 0 radical (unpaired) electrons. The van der Waals surface area contributed by atoms with Crippen molar-refractivity contribution in [3.8, 4) is 0 Å². The number of aromatic nitrogens is 2. The van der Waals surface area contributed by atoms with Gasteiger partial charge in [-0.2, -0.15) is 0 Å². The lowest BCUT2D eigenvalue weighted by atomic mass is 10.1. The standard InChI is InChI=1S/C16H21N3O/c1-2-17-14(16-9-5-6-10-20-16)11-19-12-18-13-7-3-4-8-15(13)19/h3-4,7-9,12,14,17H,2,5-6,10-11H2,1H3. The van der Waals surface area contributed by atoms with E-state index in [0.29, 0.717) is 0 Å². The van der Waals surface area contributed by atoms with E-state index in [2.05, 4.69) is 40.0 Å². The van der Waals surface area contributed by atoms with Crippen molar-refractivity contribution in [1.29, 1.82) is 0 Å². The van der Waals surface area contributed by atoms with Crippen LogP contribution in [0.2, 0.25) is 0 Å². The summed E-state index contributed by atoms with van der Waals surface area (Å²) in [6.45, 7) is 4.74. The molecule has 0 amide bonds. The van der Waals surface area contributed by atoms with Gasteiger partial charge >= 0.3 is 0 Å². The molecule has 20 heavy (non-hydrogen) atoms. The number of nitrogens with zero attached hydrogens (tertiary/aromatic N) is 2. The Morgan fingerprint density at radius 2 is 2.30 bits per heavy atom. The van der Waals surface area contributed by atoms with E-state index in [1.807, 2.05) is 18.5 Å². The molecule has 2 aromatic rings. The maximum absolute atomic E-state index is 5.82. The summed E-state index contributed by atoms with van der Waals surface area (Å²) in [6.07, 6.45) is 6.37. The fourth-order valence-electron chi connectivity index (χ4n) is 2.67. The molecule has 0 aliphatic carbocycles. The monoisotopic (exact) mass is 271 g/mol. The summed E-state index contributed by atoms with van der Waals surface area (Å²) in [5.41, 5.74) is 2.22. The molecule has 1 N–H and O–H groups in total. The first-order valence-electron chi connectivity index (χ1n) is 7.34. The first-order chi connectivity index (χ1) is 9.88. The van der Waals surface area contributed by atoms with Gasteiger partial charge in [0.05, 0.1) is 30.0 Å². The van der Waals surface area contributed by atoms with Crippen molar-refractivity contribution in [1.82, 2.24) is 14.9 Å². The average Bonchev–Trinajstić information content (AvgIpc) is 2.91. The zero-order valence-electron chi connectivity index (χ0n) is 11.9. The van der Waals surface area contributed by atoms with Crippen molar-refractivity contribution < 1.29 is 4.74 Å². The molecule has 3 rings (SSSR count). The largest absolute Gasteiger partial charge is 0.497 e. The quantitative estimate of drug-likeness (QED) is 0.908. The van der Waals surface area contributed by atoms with Gasteiger partial charge in [0.15, 0.2) is 0 Å². The Labute approximate surface area is 119 Å². The summed E-state index contributed by atoms with van der Waals surface area (Å²) in [5.74, 6) is 1.08. The van der Waals surface area contributed by atoms with Gasteiger partial charge in [-0.15, -0.1) is 0 Å². The third-order valence-electron chi connectivity index (χ3n) is 3.66. The van der Waals surface area contributed by atoms with Gasteiger partial charge in [-0.05, 0) is 37.6 Å². The van der Waals surface area contributed by atoms with Crippen LogP contribution in [0.3, 0.4) is 0 Å². The van der Waals surface area contributed by atoms with E-state index in [0.717, 1.165) is 43.8 Å². The molecule has 1 unspecified atom stereocenters. The van der Waals surface area contributed by atoms with Gasteiger partial charge in [0.2, 0.25) is 0 Å².